The highest BCUT2D eigenvalue weighted by molar-refractivity contribution is 5.67. The van der Waals surface area contributed by atoms with Gasteiger partial charge >= 0.3 is 0 Å². The van der Waals surface area contributed by atoms with E-state index in [0.29, 0.717) is 12.2 Å². The van der Waals surface area contributed by atoms with Crippen LogP contribution >= 0.6 is 0 Å². The maximum Gasteiger partial charge on any atom is 0.124 e. The third-order valence-corrected chi connectivity index (χ3v) is 7.44. The minimum Gasteiger partial charge on any atom is -0.508 e. The minimum atomic E-state index is 0.0249. The molecule has 0 aliphatic carbocycles. The second-order valence-electron chi connectivity index (χ2n) is 10.1. The van der Waals surface area contributed by atoms with E-state index in [1.807, 2.05) is 6.07 Å². The fourth-order valence-electron chi connectivity index (χ4n) is 4.89. The lowest BCUT2D eigenvalue weighted by atomic mass is 9.92. The molecular weight excluding hydrogens is 482 g/mol. The van der Waals surface area contributed by atoms with Gasteiger partial charge in [-0.2, -0.15) is 0 Å². The Balaban J connectivity index is 1.57. The number of ether oxygens (including phenoxy) is 1. The van der Waals surface area contributed by atoms with Crippen molar-refractivity contribution in [2.45, 2.75) is 51.9 Å². The van der Waals surface area contributed by atoms with Gasteiger partial charge in [-0.3, -0.25) is 4.98 Å². The molecule has 4 rings (SSSR count). The lowest BCUT2D eigenvalue weighted by Crippen LogP contribution is -2.27. The van der Waals surface area contributed by atoms with Crippen LogP contribution in [-0.2, 0) is 6.42 Å². The van der Waals surface area contributed by atoms with Crippen molar-refractivity contribution in [2.24, 2.45) is 0 Å². The van der Waals surface area contributed by atoms with Gasteiger partial charge in [0, 0.05) is 54.9 Å². The second kappa shape index (κ2) is 13.2. The molecule has 5 nitrogen and oxygen atoms in total. The van der Waals surface area contributed by atoms with Crippen molar-refractivity contribution in [3.05, 3.63) is 109 Å². The Morgan fingerprint density at radius 2 is 1.85 bits per heavy atom. The standard InChI is InChI=1S/C34H41N3O2/c1-6-8-9-10-20-37(25(3)33-22-28(26(4)38)17-19-35-33)24-29-18-21-39-34-23-31(15-16-32(29)34)36(5)30-13-11-27(7-2)12-14-30/h10-17,19-20,22-23,29,38H,3-4,6-9,18,21,24H2,1-2,5H3/b20-10-. The van der Waals surface area contributed by atoms with E-state index in [9.17, 15) is 5.11 Å². The number of hydrogen-bond donors (Lipinski definition) is 1. The third kappa shape index (κ3) is 6.91. The Bertz CT molecular complexity index is 1310. The molecular formula is C34H41N3O2. The number of aliphatic hydroxyl groups excluding tert-OH is 1. The Hall–Kier alpha value is -3.99. The minimum absolute atomic E-state index is 0.0249. The van der Waals surface area contributed by atoms with Crippen molar-refractivity contribution in [2.75, 3.05) is 25.1 Å². The molecule has 3 aromatic rings. The quantitative estimate of drug-likeness (QED) is 0.191. The zero-order valence-corrected chi connectivity index (χ0v) is 23.6. The smallest absolute Gasteiger partial charge is 0.124 e. The summed E-state index contributed by atoms with van der Waals surface area (Å²) in [4.78, 5) is 8.93. The van der Waals surface area contributed by atoms with Crippen LogP contribution in [0.3, 0.4) is 0 Å². The molecule has 2 aromatic carbocycles. The van der Waals surface area contributed by atoms with Gasteiger partial charge in [0.25, 0.3) is 0 Å². The van der Waals surface area contributed by atoms with Crippen LogP contribution in [0.15, 0.2) is 86.2 Å². The Morgan fingerprint density at radius 1 is 1.08 bits per heavy atom. The van der Waals surface area contributed by atoms with E-state index in [2.05, 4.69) is 104 Å². The molecule has 0 radical (unpaired) electrons. The first-order valence-corrected chi connectivity index (χ1v) is 14.0. The number of aromatic nitrogens is 1. The zero-order chi connectivity index (χ0) is 27.8. The summed E-state index contributed by atoms with van der Waals surface area (Å²) in [6.45, 7) is 13.9. The van der Waals surface area contributed by atoms with Gasteiger partial charge in [0.05, 0.1) is 18.0 Å². The molecule has 2 heterocycles. The highest BCUT2D eigenvalue weighted by atomic mass is 16.5. The van der Waals surface area contributed by atoms with E-state index in [0.717, 1.165) is 67.2 Å². The van der Waals surface area contributed by atoms with E-state index in [1.54, 1.807) is 12.3 Å². The van der Waals surface area contributed by atoms with Crippen molar-refractivity contribution < 1.29 is 9.84 Å². The number of hydrogen-bond acceptors (Lipinski definition) is 5. The Kier molecular flexibility index (Phi) is 9.48. The van der Waals surface area contributed by atoms with E-state index >= 15 is 0 Å². The van der Waals surface area contributed by atoms with Gasteiger partial charge in [-0.15, -0.1) is 0 Å². The number of allylic oxidation sites excluding steroid dienone is 1. The number of anilines is 2. The van der Waals surface area contributed by atoms with Crippen LogP contribution in [0.1, 0.15) is 67.8 Å². The van der Waals surface area contributed by atoms with Crippen molar-refractivity contribution in [1.82, 2.24) is 9.88 Å². The number of fused-ring (bicyclic) bond motifs is 1. The molecule has 204 valence electrons. The summed E-state index contributed by atoms with van der Waals surface area (Å²) in [6, 6.07) is 18.9. The summed E-state index contributed by atoms with van der Waals surface area (Å²) in [7, 11) is 2.10. The predicted molar refractivity (Wildman–Crippen MR) is 163 cm³/mol. The van der Waals surface area contributed by atoms with Gasteiger partial charge in [0.2, 0.25) is 0 Å². The molecule has 39 heavy (non-hydrogen) atoms. The van der Waals surface area contributed by atoms with Crippen molar-refractivity contribution in [1.29, 1.82) is 0 Å². The molecule has 1 unspecified atom stereocenters. The van der Waals surface area contributed by atoms with Gasteiger partial charge in [-0.25, -0.2) is 0 Å². The number of rotatable bonds is 12. The second-order valence-corrected chi connectivity index (χ2v) is 10.1. The van der Waals surface area contributed by atoms with E-state index in [1.165, 1.54) is 11.1 Å². The van der Waals surface area contributed by atoms with Crippen molar-refractivity contribution in [3.63, 3.8) is 0 Å². The van der Waals surface area contributed by atoms with Crippen LogP contribution in [-0.4, -0.2) is 35.2 Å². The molecule has 0 bridgehead atoms. The maximum atomic E-state index is 9.90. The summed E-state index contributed by atoms with van der Waals surface area (Å²) in [5.41, 5.74) is 6.97. The average Bonchev–Trinajstić information content (AvgIpc) is 2.97. The predicted octanol–water partition coefficient (Wildman–Crippen LogP) is 8.48. The first-order chi connectivity index (χ1) is 18.9. The molecule has 1 aliphatic heterocycles. The molecule has 0 spiro atoms. The molecule has 0 amide bonds. The third-order valence-electron chi connectivity index (χ3n) is 7.44. The van der Waals surface area contributed by atoms with Crippen LogP contribution in [0.2, 0.25) is 0 Å². The molecule has 0 saturated heterocycles. The molecule has 0 fully saturated rings. The van der Waals surface area contributed by atoms with Gasteiger partial charge in [0.15, 0.2) is 0 Å². The van der Waals surface area contributed by atoms with Crippen LogP contribution < -0.4 is 9.64 Å². The monoisotopic (exact) mass is 523 g/mol. The topological polar surface area (TPSA) is 48.8 Å². The van der Waals surface area contributed by atoms with Crippen LogP contribution in [0.4, 0.5) is 11.4 Å². The fourth-order valence-corrected chi connectivity index (χ4v) is 4.89. The van der Waals surface area contributed by atoms with Gasteiger partial charge in [-0.1, -0.05) is 64.1 Å². The van der Waals surface area contributed by atoms with E-state index < -0.39 is 0 Å². The molecule has 1 aromatic heterocycles. The SMILES string of the molecule is C=C(O)c1ccnc(C(=C)N(/C=C\CCCC)CC2CCOc3cc(N(C)c4ccc(CC)cc4)ccc32)c1. The summed E-state index contributed by atoms with van der Waals surface area (Å²) in [5.74, 6) is 1.25. The summed E-state index contributed by atoms with van der Waals surface area (Å²) < 4.78 is 6.16. The van der Waals surface area contributed by atoms with Crippen molar-refractivity contribution in [3.8, 4) is 5.75 Å². The number of aliphatic hydroxyl groups is 1. The molecule has 0 saturated carbocycles. The number of nitrogens with zero attached hydrogens (tertiary/aromatic N) is 3. The largest absolute Gasteiger partial charge is 0.508 e. The van der Waals surface area contributed by atoms with Gasteiger partial charge in [0.1, 0.15) is 11.5 Å². The summed E-state index contributed by atoms with van der Waals surface area (Å²) >= 11 is 0. The average molecular weight is 524 g/mol. The Morgan fingerprint density at radius 3 is 2.56 bits per heavy atom. The Labute approximate surface area is 233 Å². The van der Waals surface area contributed by atoms with Gasteiger partial charge < -0.3 is 19.6 Å². The first kappa shape index (κ1) is 28.0. The summed E-state index contributed by atoms with van der Waals surface area (Å²) in [6.07, 6.45) is 11.3. The lowest BCUT2D eigenvalue weighted by Gasteiger charge is -2.32. The van der Waals surface area contributed by atoms with Crippen molar-refractivity contribution >= 4 is 22.8 Å². The number of benzene rings is 2. The molecule has 1 N–H and O–H groups in total. The highest BCUT2D eigenvalue weighted by Crippen LogP contribution is 2.39. The van der Waals surface area contributed by atoms with Gasteiger partial charge in [-0.05, 0) is 60.7 Å². The number of unbranched alkanes of at least 4 members (excludes halogenated alkanes) is 2. The summed E-state index contributed by atoms with van der Waals surface area (Å²) in [5, 5.41) is 9.90. The molecule has 1 atom stereocenters. The van der Waals surface area contributed by atoms with E-state index in [-0.39, 0.29) is 11.7 Å². The van der Waals surface area contributed by atoms with Crippen LogP contribution in [0.5, 0.6) is 5.75 Å². The van der Waals surface area contributed by atoms with Crippen LogP contribution in [0, 0.1) is 0 Å². The highest BCUT2D eigenvalue weighted by Gasteiger charge is 2.25. The number of pyridine rings is 1. The van der Waals surface area contributed by atoms with Crippen LogP contribution in [0.25, 0.3) is 11.5 Å². The maximum absolute atomic E-state index is 9.90. The normalized spacial score (nSPS) is 14.5. The molecule has 5 heteroatoms. The van der Waals surface area contributed by atoms with E-state index in [4.69, 9.17) is 4.74 Å². The fraction of sp³-hybridized carbons (Fsp3) is 0.324. The lowest BCUT2D eigenvalue weighted by molar-refractivity contribution is 0.256. The first-order valence-electron chi connectivity index (χ1n) is 14.0. The molecule has 1 aliphatic rings. The zero-order valence-electron chi connectivity index (χ0n) is 23.6. The number of aryl methyl sites for hydroxylation is 1.